The van der Waals surface area contributed by atoms with Crippen LogP contribution in [0.25, 0.3) is 16.7 Å². The summed E-state index contributed by atoms with van der Waals surface area (Å²) in [5.74, 6) is 1.86. The summed E-state index contributed by atoms with van der Waals surface area (Å²) < 4.78 is 0. The summed E-state index contributed by atoms with van der Waals surface area (Å²) in [7, 11) is 0. The number of H-pyrrole nitrogens is 6. The molecular formula is C75H79N7S6. The maximum atomic E-state index is 4.10. The highest BCUT2D eigenvalue weighted by Gasteiger charge is 2.28. The van der Waals surface area contributed by atoms with Crippen LogP contribution in [0.3, 0.4) is 0 Å². The standard InChI is InChI=1S/C14H17NS.C14H15NS.C12H13NS.2C12H11NS.C11H12N2S/c2*1-9-12-4-3-5-13(11-6-7-15-8-11)14(12)10(2)16-9;2*1-2-10(9-4-6-13-8-9)11-5-7-14-12(11)3-1;1-2-9-5-7-14-12(9)11(3-1)10-4-6-13-8-10;1-2-8-4-5-14-11(8)9(3-1)10-6-12-7-13-10/h6-8,13,15H,3-5H2,1-2H3;5-8,15H,3-4H2,1-2H3;4-8,10,13H,1-3H2;2,4-8,13H,1,3H2;3-8,13H,1-2H2;4-7,9H,1-3H2,(H,12,13). The molecule has 0 bridgehead atoms. The van der Waals surface area contributed by atoms with Crippen LogP contribution < -0.4 is 0 Å². The summed E-state index contributed by atoms with van der Waals surface area (Å²) >= 11 is 11.4. The first-order valence-electron chi connectivity index (χ1n) is 31.5. The van der Waals surface area contributed by atoms with Gasteiger partial charge in [0.2, 0.25) is 0 Å². The minimum absolute atomic E-state index is 0.571. The van der Waals surface area contributed by atoms with Gasteiger partial charge in [0, 0.05) is 136 Å². The van der Waals surface area contributed by atoms with Gasteiger partial charge < -0.3 is 29.9 Å². The van der Waals surface area contributed by atoms with Gasteiger partial charge in [0.05, 0.1) is 6.33 Å². The van der Waals surface area contributed by atoms with E-state index < -0.39 is 0 Å². The number of hydrogen-bond acceptors (Lipinski definition) is 7. The first-order chi connectivity index (χ1) is 43.3. The molecule has 0 spiro atoms. The zero-order valence-corrected chi connectivity index (χ0v) is 55.8. The Kier molecular flexibility index (Phi) is 19.2. The molecule has 6 aliphatic rings. The fourth-order valence-corrected chi connectivity index (χ4v) is 20.5. The van der Waals surface area contributed by atoms with E-state index in [9.17, 15) is 0 Å². The average molecular weight is 1270 g/mol. The van der Waals surface area contributed by atoms with Crippen molar-refractivity contribution in [3.05, 3.63) is 286 Å². The van der Waals surface area contributed by atoms with Gasteiger partial charge in [0.1, 0.15) is 0 Å². The van der Waals surface area contributed by atoms with Gasteiger partial charge in [-0.15, -0.1) is 68.0 Å². The molecule has 0 aliphatic heterocycles. The molecule has 0 amide bonds. The molecule has 88 heavy (non-hydrogen) atoms. The number of imidazole rings is 1. The summed E-state index contributed by atoms with van der Waals surface area (Å²) in [6.07, 6.45) is 50.2. The topological polar surface area (TPSA) is 108 Å². The lowest BCUT2D eigenvalue weighted by Gasteiger charge is -2.23. The van der Waals surface area contributed by atoms with Crippen molar-refractivity contribution < 1.29 is 0 Å². The first-order valence-corrected chi connectivity index (χ1v) is 36.7. The zero-order chi connectivity index (χ0) is 59.8. The number of aryl methyl sites for hydroxylation is 8. The van der Waals surface area contributed by atoms with Crippen LogP contribution in [0.15, 0.2) is 169 Å². The third-order valence-corrected chi connectivity index (χ3v) is 24.5. The van der Waals surface area contributed by atoms with Crippen LogP contribution in [-0.2, 0) is 38.5 Å². The van der Waals surface area contributed by atoms with Crippen molar-refractivity contribution in [3.63, 3.8) is 0 Å². The Balaban J connectivity index is 0.0000000975. The van der Waals surface area contributed by atoms with Crippen LogP contribution >= 0.6 is 68.0 Å². The average Bonchev–Trinajstić information content (AvgIpc) is 2.41. The number of allylic oxidation sites excluding steroid dienone is 3. The van der Waals surface area contributed by atoms with E-state index in [0.717, 1.165) is 0 Å². The molecule has 3 unspecified atom stereocenters. The SMILES string of the molecule is C1=C(c2cc[nH]c2)c2ccsc2CC1.C1=C(c2cc[nH]c2)c2sccc2CC1.Cc1sc(C)c2c1CCC=C2c1cc[nH]c1.Cc1sc(C)c2c1CCCC2c1cc[nH]c1.c1cc(C2CCCc3sccc32)c[nH]1.c1ncc(C2CCCc3ccsc32)[nH]1. The van der Waals surface area contributed by atoms with Gasteiger partial charge >= 0.3 is 0 Å². The van der Waals surface area contributed by atoms with Crippen LogP contribution in [0, 0.1) is 27.7 Å². The van der Waals surface area contributed by atoms with Gasteiger partial charge in [-0.05, 0) is 284 Å². The summed E-state index contributed by atoms with van der Waals surface area (Å²) in [5, 5.41) is 8.82. The Morgan fingerprint density at radius 2 is 1.05 bits per heavy atom. The number of aromatic nitrogens is 7. The molecule has 0 saturated heterocycles. The number of hydrogen-bond donors (Lipinski definition) is 6. The van der Waals surface area contributed by atoms with Gasteiger partial charge in [0.15, 0.2) is 0 Å². The predicted octanol–water partition coefficient (Wildman–Crippen LogP) is 21.6. The highest BCUT2D eigenvalue weighted by Crippen LogP contribution is 2.45. The minimum Gasteiger partial charge on any atom is -0.367 e. The molecule has 6 aliphatic carbocycles. The van der Waals surface area contributed by atoms with E-state index >= 15 is 0 Å². The summed E-state index contributed by atoms with van der Waals surface area (Å²) in [6.45, 7) is 9.04. The first kappa shape index (κ1) is 60.0. The number of thiophene rings is 6. The highest BCUT2D eigenvalue weighted by atomic mass is 32.1. The fourth-order valence-electron chi connectivity index (χ4n) is 14.2. The van der Waals surface area contributed by atoms with Gasteiger partial charge in [-0.1, -0.05) is 18.2 Å². The van der Waals surface area contributed by atoms with Crippen molar-refractivity contribution >= 4 is 84.7 Å². The van der Waals surface area contributed by atoms with Gasteiger partial charge in [0.25, 0.3) is 0 Å². The second kappa shape index (κ2) is 28.2. The molecule has 12 aromatic heterocycles. The smallest absolute Gasteiger partial charge is 0.0921 e. The lowest BCUT2D eigenvalue weighted by Crippen LogP contribution is -2.10. The molecule has 12 heterocycles. The van der Waals surface area contributed by atoms with Crippen molar-refractivity contribution in [1.29, 1.82) is 0 Å². The second-order valence-electron chi connectivity index (χ2n) is 23.7. The Morgan fingerprint density at radius 1 is 0.455 bits per heavy atom. The van der Waals surface area contributed by atoms with Crippen molar-refractivity contribution in [2.75, 3.05) is 0 Å². The monoisotopic (exact) mass is 1270 g/mol. The maximum absolute atomic E-state index is 4.10. The molecule has 6 N–H and O–H groups in total. The Labute approximate surface area is 543 Å². The normalized spacial score (nSPS) is 17.6. The highest BCUT2D eigenvalue weighted by molar-refractivity contribution is 7.13. The van der Waals surface area contributed by atoms with E-state index in [1.165, 1.54) is 192 Å². The van der Waals surface area contributed by atoms with Crippen LogP contribution in [0.5, 0.6) is 0 Å². The number of nitrogens with zero attached hydrogens (tertiary/aromatic N) is 1. The molecule has 450 valence electrons. The Hall–Kier alpha value is -6.97. The summed E-state index contributed by atoms with van der Waals surface area (Å²) in [4.78, 5) is 35.2. The second-order valence-corrected chi connectivity index (χ2v) is 30.4. The predicted molar refractivity (Wildman–Crippen MR) is 378 cm³/mol. The Morgan fingerprint density at radius 3 is 1.80 bits per heavy atom. The van der Waals surface area contributed by atoms with E-state index in [4.69, 9.17) is 0 Å². The number of aromatic amines is 6. The molecule has 0 radical (unpaired) electrons. The quantitative estimate of drug-likeness (QED) is 0.0980. The number of fused-ring (bicyclic) bond motifs is 6. The van der Waals surface area contributed by atoms with E-state index in [-0.39, 0.29) is 0 Å². The molecule has 13 heteroatoms. The molecule has 12 aromatic rings. The van der Waals surface area contributed by atoms with Gasteiger partial charge in [-0.3, -0.25) is 0 Å². The molecular weight excluding hydrogens is 1190 g/mol. The van der Waals surface area contributed by atoms with Gasteiger partial charge in [-0.25, -0.2) is 4.98 Å². The molecule has 0 fully saturated rings. The molecule has 18 rings (SSSR count). The van der Waals surface area contributed by atoms with E-state index in [2.05, 4.69) is 188 Å². The minimum atomic E-state index is 0.571. The molecule has 7 nitrogen and oxygen atoms in total. The summed E-state index contributed by atoms with van der Waals surface area (Å²) in [5.41, 5.74) is 24.7. The van der Waals surface area contributed by atoms with Crippen molar-refractivity contribution in [2.45, 2.75) is 142 Å². The zero-order valence-electron chi connectivity index (χ0n) is 50.9. The van der Waals surface area contributed by atoms with E-state index in [1.807, 2.05) is 105 Å². The molecule has 0 aromatic carbocycles. The number of nitrogens with one attached hydrogen (secondary N) is 6. The lowest BCUT2D eigenvalue weighted by atomic mass is 9.80. The van der Waals surface area contributed by atoms with Crippen LogP contribution in [0.1, 0.15) is 193 Å². The van der Waals surface area contributed by atoms with Crippen LogP contribution in [0.4, 0.5) is 0 Å². The third-order valence-electron chi connectivity index (χ3n) is 18.4. The molecule has 0 saturated carbocycles. The largest absolute Gasteiger partial charge is 0.367 e. The van der Waals surface area contributed by atoms with Crippen LogP contribution in [0.2, 0.25) is 0 Å². The van der Waals surface area contributed by atoms with Gasteiger partial charge in [-0.2, -0.15) is 0 Å². The summed E-state index contributed by atoms with van der Waals surface area (Å²) in [6, 6.07) is 19.9. The maximum Gasteiger partial charge on any atom is 0.0921 e. The van der Waals surface area contributed by atoms with E-state index in [0.29, 0.717) is 17.8 Å². The fraction of sp³-hybridized carbons (Fsp3) is 0.293. The van der Waals surface area contributed by atoms with Crippen molar-refractivity contribution in [1.82, 2.24) is 34.9 Å². The lowest BCUT2D eigenvalue weighted by molar-refractivity contribution is 0.616. The van der Waals surface area contributed by atoms with Crippen LogP contribution in [-0.4, -0.2) is 34.9 Å². The van der Waals surface area contributed by atoms with Crippen molar-refractivity contribution in [2.24, 2.45) is 0 Å². The van der Waals surface area contributed by atoms with Crippen molar-refractivity contribution in [3.8, 4) is 0 Å². The van der Waals surface area contributed by atoms with E-state index in [1.54, 1.807) is 43.9 Å². The Bertz CT molecular complexity index is 4020. The third kappa shape index (κ3) is 13.2. The number of rotatable bonds is 6. The molecule has 3 atom stereocenters.